The van der Waals surface area contributed by atoms with Gasteiger partial charge in [0.25, 0.3) is 0 Å². The fourth-order valence-corrected chi connectivity index (χ4v) is 4.30. The van der Waals surface area contributed by atoms with E-state index in [1.54, 1.807) is 6.92 Å². The van der Waals surface area contributed by atoms with Crippen LogP contribution < -0.4 is 15.9 Å². The van der Waals surface area contributed by atoms with E-state index in [-0.39, 0.29) is 11.9 Å². The van der Waals surface area contributed by atoms with Crippen LogP contribution >= 0.6 is 0 Å². The summed E-state index contributed by atoms with van der Waals surface area (Å²) in [5.74, 6) is 6.69. The van der Waals surface area contributed by atoms with Gasteiger partial charge in [0, 0.05) is 18.7 Å². The number of piperidine rings is 1. The zero-order chi connectivity index (χ0) is 24.2. The van der Waals surface area contributed by atoms with E-state index in [2.05, 4.69) is 27.2 Å². The van der Waals surface area contributed by atoms with Crippen molar-refractivity contribution >= 4 is 22.8 Å². The van der Waals surface area contributed by atoms with E-state index in [1.165, 1.54) is 6.33 Å². The van der Waals surface area contributed by atoms with Crippen molar-refractivity contribution in [2.45, 2.75) is 25.8 Å². The third-order valence-corrected chi connectivity index (χ3v) is 5.87. The molecule has 9 nitrogen and oxygen atoms in total. The third kappa shape index (κ3) is 4.78. The van der Waals surface area contributed by atoms with Gasteiger partial charge >= 0.3 is 5.91 Å². The Morgan fingerprint density at radius 3 is 2.66 bits per heavy atom. The van der Waals surface area contributed by atoms with Crippen LogP contribution in [0.5, 0.6) is 11.5 Å². The van der Waals surface area contributed by atoms with E-state index in [1.807, 2.05) is 64.3 Å². The summed E-state index contributed by atoms with van der Waals surface area (Å²) >= 11 is 0. The number of para-hydroxylation sites is 1. The van der Waals surface area contributed by atoms with E-state index in [0.29, 0.717) is 29.1 Å². The average Bonchev–Trinajstić information content (AvgIpc) is 3.27. The van der Waals surface area contributed by atoms with E-state index < -0.39 is 0 Å². The lowest BCUT2D eigenvalue weighted by Gasteiger charge is -2.32. The van der Waals surface area contributed by atoms with Gasteiger partial charge in [-0.3, -0.25) is 10.2 Å². The molecule has 0 radical (unpaired) electrons. The summed E-state index contributed by atoms with van der Waals surface area (Å²) in [4.78, 5) is 20.7. The number of ether oxygens (including phenoxy) is 1. The molecule has 0 saturated carbocycles. The molecule has 0 unspecified atom stereocenters. The Kier molecular flexibility index (Phi) is 6.28. The maximum atomic E-state index is 11.9. The number of nitrogen functional groups attached to an aromatic ring is 1. The molecule has 1 amide bonds. The minimum Gasteiger partial charge on any atom is -0.457 e. The molecule has 1 atom stereocenters. The second-order valence-electron chi connectivity index (χ2n) is 8.25. The molecule has 3 heterocycles. The van der Waals surface area contributed by atoms with Crippen LogP contribution in [0.4, 0.5) is 5.82 Å². The number of fused-ring (bicyclic) bond motifs is 1. The second kappa shape index (κ2) is 9.83. The minimum absolute atomic E-state index is 0.00451. The SMILES string of the molecule is CC#CC(=O)NN1CCC[C@@H](n2nc(-c3ccc(Oc4ccccc4)cc3)c3c(N)ncnc32)C1. The van der Waals surface area contributed by atoms with Crippen LogP contribution in [0.2, 0.25) is 0 Å². The van der Waals surface area contributed by atoms with Gasteiger partial charge in [-0.2, -0.15) is 5.10 Å². The van der Waals surface area contributed by atoms with Crippen molar-refractivity contribution in [3.8, 4) is 34.6 Å². The molecular weight excluding hydrogens is 442 g/mol. The predicted octanol–water partition coefficient (Wildman–Crippen LogP) is 3.56. The number of nitrogens with zero attached hydrogens (tertiary/aromatic N) is 5. The Morgan fingerprint density at radius 2 is 1.89 bits per heavy atom. The number of rotatable bonds is 5. The van der Waals surface area contributed by atoms with Crippen molar-refractivity contribution < 1.29 is 9.53 Å². The number of hydrogen-bond acceptors (Lipinski definition) is 7. The molecule has 0 spiro atoms. The number of hydrazine groups is 1. The molecule has 9 heteroatoms. The van der Waals surface area contributed by atoms with Crippen LogP contribution in [0.15, 0.2) is 60.9 Å². The number of amides is 1. The average molecular weight is 468 g/mol. The summed E-state index contributed by atoms with van der Waals surface area (Å²) in [7, 11) is 0. The van der Waals surface area contributed by atoms with Gasteiger partial charge in [-0.15, -0.1) is 0 Å². The van der Waals surface area contributed by atoms with E-state index in [9.17, 15) is 4.79 Å². The minimum atomic E-state index is -0.316. The van der Waals surface area contributed by atoms with E-state index in [4.69, 9.17) is 15.6 Å². The first kappa shape index (κ1) is 22.4. The molecule has 5 rings (SSSR count). The van der Waals surface area contributed by atoms with Gasteiger partial charge in [0.05, 0.1) is 11.4 Å². The van der Waals surface area contributed by atoms with Crippen LogP contribution in [0, 0.1) is 11.8 Å². The smallest absolute Gasteiger partial charge is 0.310 e. The lowest BCUT2D eigenvalue weighted by molar-refractivity contribution is -0.121. The van der Waals surface area contributed by atoms with Crippen LogP contribution in [0.1, 0.15) is 25.8 Å². The molecule has 2 aromatic carbocycles. The van der Waals surface area contributed by atoms with Gasteiger partial charge in [-0.05, 0) is 62.1 Å². The Bertz CT molecular complexity index is 1400. The van der Waals surface area contributed by atoms with Gasteiger partial charge < -0.3 is 10.5 Å². The summed E-state index contributed by atoms with van der Waals surface area (Å²) in [6.07, 6.45) is 3.25. The topological polar surface area (TPSA) is 111 Å². The molecular formula is C26H25N7O2. The van der Waals surface area contributed by atoms with Gasteiger partial charge in [-0.25, -0.2) is 19.7 Å². The van der Waals surface area contributed by atoms with Crippen molar-refractivity contribution in [1.82, 2.24) is 30.2 Å². The Hall–Kier alpha value is -4.42. The van der Waals surface area contributed by atoms with Crippen LogP contribution in [0.3, 0.4) is 0 Å². The number of carbonyl (C=O) groups excluding carboxylic acids is 1. The quantitative estimate of drug-likeness (QED) is 0.432. The molecule has 0 bridgehead atoms. The number of nitrogens with one attached hydrogen (secondary N) is 1. The maximum Gasteiger partial charge on any atom is 0.310 e. The fourth-order valence-electron chi connectivity index (χ4n) is 4.30. The second-order valence-corrected chi connectivity index (χ2v) is 8.25. The van der Waals surface area contributed by atoms with Gasteiger partial charge in [0.1, 0.15) is 29.3 Å². The predicted molar refractivity (Wildman–Crippen MR) is 133 cm³/mol. The molecule has 1 aliphatic heterocycles. The third-order valence-electron chi connectivity index (χ3n) is 5.87. The van der Waals surface area contributed by atoms with E-state index in [0.717, 1.165) is 36.4 Å². The van der Waals surface area contributed by atoms with Crippen molar-refractivity contribution in [2.75, 3.05) is 18.8 Å². The normalized spacial score (nSPS) is 15.9. The van der Waals surface area contributed by atoms with Crippen molar-refractivity contribution in [1.29, 1.82) is 0 Å². The lowest BCUT2D eigenvalue weighted by Crippen LogP contribution is -2.47. The Morgan fingerprint density at radius 1 is 1.11 bits per heavy atom. The summed E-state index contributed by atoms with van der Waals surface area (Å²) in [5.41, 5.74) is 11.4. The number of carbonyl (C=O) groups is 1. The molecule has 1 fully saturated rings. The van der Waals surface area contributed by atoms with Crippen LogP contribution in [-0.4, -0.2) is 43.8 Å². The highest BCUT2D eigenvalue weighted by molar-refractivity contribution is 5.98. The first-order valence-corrected chi connectivity index (χ1v) is 11.4. The number of nitrogens with two attached hydrogens (primary N) is 1. The first-order chi connectivity index (χ1) is 17.1. The highest BCUT2D eigenvalue weighted by Crippen LogP contribution is 2.34. The molecule has 2 aromatic heterocycles. The zero-order valence-corrected chi connectivity index (χ0v) is 19.3. The highest BCUT2D eigenvalue weighted by atomic mass is 16.5. The molecule has 1 aliphatic rings. The highest BCUT2D eigenvalue weighted by Gasteiger charge is 2.27. The summed E-state index contributed by atoms with van der Waals surface area (Å²) in [6, 6.07) is 17.3. The van der Waals surface area contributed by atoms with Crippen molar-refractivity contribution in [3.05, 3.63) is 60.9 Å². The van der Waals surface area contributed by atoms with Crippen LogP contribution in [-0.2, 0) is 4.79 Å². The molecule has 176 valence electrons. The van der Waals surface area contributed by atoms with E-state index >= 15 is 0 Å². The number of aromatic nitrogens is 4. The molecule has 0 aliphatic carbocycles. The van der Waals surface area contributed by atoms with Gasteiger partial charge in [0.2, 0.25) is 0 Å². The monoisotopic (exact) mass is 467 g/mol. The van der Waals surface area contributed by atoms with Gasteiger partial charge in [0.15, 0.2) is 5.65 Å². The standard InChI is InChI=1S/C26H25N7O2/c1-2-7-22(34)30-32-15-6-8-19(16-32)33-26-23(25(27)28-17-29-26)24(31-33)18-11-13-21(14-12-18)35-20-9-4-3-5-10-20/h3-5,9-14,17,19H,6,8,15-16H2,1H3,(H,30,34)(H2,27,28,29)/t19-/m1/s1. The summed E-state index contributed by atoms with van der Waals surface area (Å²) in [6.45, 7) is 2.97. The number of benzene rings is 2. The summed E-state index contributed by atoms with van der Waals surface area (Å²) < 4.78 is 7.82. The fraction of sp³-hybridized carbons (Fsp3) is 0.231. The Labute approximate surface area is 202 Å². The van der Waals surface area contributed by atoms with Crippen molar-refractivity contribution in [3.63, 3.8) is 0 Å². The molecule has 3 N–H and O–H groups in total. The maximum absolute atomic E-state index is 11.9. The number of hydrogen-bond donors (Lipinski definition) is 2. The lowest BCUT2D eigenvalue weighted by atomic mass is 10.1. The zero-order valence-electron chi connectivity index (χ0n) is 19.3. The number of anilines is 1. The summed E-state index contributed by atoms with van der Waals surface area (Å²) in [5, 5.41) is 7.53. The van der Waals surface area contributed by atoms with Gasteiger partial charge in [-0.1, -0.05) is 24.1 Å². The van der Waals surface area contributed by atoms with Crippen LogP contribution in [0.25, 0.3) is 22.3 Å². The largest absolute Gasteiger partial charge is 0.457 e. The Balaban J connectivity index is 1.45. The van der Waals surface area contributed by atoms with Crippen molar-refractivity contribution in [2.24, 2.45) is 0 Å². The molecule has 35 heavy (non-hydrogen) atoms. The molecule has 1 saturated heterocycles. The first-order valence-electron chi connectivity index (χ1n) is 11.4. The molecule has 4 aromatic rings.